The van der Waals surface area contributed by atoms with Crippen molar-refractivity contribution in [1.29, 1.82) is 0 Å². The Balaban J connectivity index is 1.80. The van der Waals surface area contributed by atoms with Crippen molar-refractivity contribution in [3.05, 3.63) is 69.2 Å². The highest BCUT2D eigenvalue weighted by atomic mass is 35.5. The van der Waals surface area contributed by atoms with Gasteiger partial charge in [-0.3, -0.25) is 9.59 Å². The van der Waals surface area contributed by atoms with Gasteiger partial charge in [0.05, 0.1) is 11.2 Å². The number of carboxylic acid groups (broad SMARTS) is 1. The van der Waals surface area contributed by atoms with Crippen LogP contribution in [0, 0.1) is 11.3 Å². The van der Waals surface area contributed by atoms with Crippen molar-refractivity contribution in [2.75, 3.05) is 13.1 Å². The summed E-state index contributed by atoms with van der Waals surface area (Å²) in [6, 6.07) is 10.1. The molecule has 1 heterocycles. The molecule has 2 aromatic carbocycles. The number of aromatic carboxylic acids is 1. The van der Waals surface area contributed by atoms with Crippen molar-refractivity contribution in [2.24, 2.45) is 11.3 Å². The maximum Gasteiger partial charge on any atom is 0.335 e. The number of hydrogen-bond donors (Lipinski definition) is 3. The monoisotopic (exact) mass is 520 g/mol. The zero-order chi connectivity index (χ0) is 26.1. The maximum absolute atomic E-state index is 13.5. The number of carboxylic acids is 1. The molecule has 2 amide bonds. The molecule has 0 saturated carbocycles. The molecule has 1 saturated heterocycles. The summed E-state index contributed by atoms with van der Waals surface area (Å²) >= 11 is 12.0. The van der Waals surface area contributed by atoms with Crippen molar-refractivity contribution in [1.82, 2.24) is 10.2 Å². The van der Waals surface area contributed by atoms with Crippen LogP contribution >= 0.6 is 23.2 Å². The van der Waals surface area contributed by atoms with Crippen LogP contribution in [0.15, 0.2) is 42.5 Å². The molecule has 0 aromatic heterocycles. The van der Waals surface area contributed by atoms with E-state index in [1.165, 1.54) is 18.2 Å². The van der Waals surface area contributed by atoms with Crippen LogP contribution in [0.25, 0.3) is 0 Å². The Bertz CT molecular complexity index is 1130. The number of benzene rings is 2. The minimum Gasteiger partial charge on any atom is -0.478 e. The summed E-state index contributed by atoms with van der Waals surface area (Å²) in [5.74, 6) is -2.29. The fraction of sp³-hybridized carbons (Fsp3) is 0.423. The van der Waals surface area contributed by atoms with Crippen LogP contribution in [-0.2, 0) is 10.4 Å². The van der Waals surface area contributed by atoms with Gasteiger partial charge >= 0.3 is 5.97 Å². The van der Waals surface area contributed by atoms with Gasteiger partial charge in [0.15, 0.2) is 0 Å². The first-order valence-corrected chi connectivity index (χ1v) is 12.1. The maximum atomic E-state index is 13.5. The Hall–Kier alpha value is -2.61. The second kappa shape index (κ2) is 10.2. The number of rotatable bonds is 6. The quantitative estimate of drug-likeness (QED) is 0.516. The van der Waals surface area contributed by atoms with E-state index in [4.69, 9.17) is 23.2 Å². The van der Waals surface area contributed by atoms with Gasteiger partial charge in [0.1, 0.15) is 6.04 Å². The minimum absolute atomic E-state index is 0.0597. The lowest BCUT2D eigenvalue weighted by Gasteiger charge is -2.51. The fourth-order valence-corrected chi connectivity index (χ4v) is 4.91. The lowest BCUT2D eigenvalue weighted by Crippen LogP contribution is -2.60. The van der Waals surface area contributed by atoms with E-state index in [1.807, 2.05) is 27.7 Å². The largest absolute Gasteiger partial charge is 0.478 e. The van der Waals surface area contributed by atoms with Gasteiger partial charge in [-0.2, -0.15) is 0 Å². The van der Waals surface area contributed by atoms with Crippen LogP contribution in [0.3, 0.4) is 0 Å². The first-order valence-electron chi connectivity index (χ1n) is 11.4. The predicted octanol–water partition coefficient (Wildman–Crippen LogP) is 4.59. The zero-order valence-corrected chi connectivity index (χ0v) is 21.7. The molecule has 0 aliphatic carbocycles. The van der Waals surface area contributed by atoms with E-state index in [0.717, 1.165) is 5.56 Å². The molecule has 0 unspecified atom stereocenters. The highest BCUT2D eigenvalue weighted by molar-refractivity contribution is 6.31. The number of piperidine rings is 1. The van der Waals surface area contributed by atoms with E-state index in [9.17, 15) is 24.6 Å². The molecule has 35 heavy (non-hydrogen) atoms. The second-order valence-corrected chi connectivity index (χ2v) is 10.9. The van der Waals surface area contributed by atoms with Gasteiger partial charge in [-0.25, -0.2) is 4.79 Å². The van der Waals surface area contributed by atoms with Gasteiger partial charge in [-0.1, -0.05) is 63.0 Å². The number of halogens is 2. The third-order valence-corrected chi connectivity index (χ3v) is 7.18. The molecule has 1 aliphatic rings. The van der Waals surface area contributed by atoms with Crippen molar-refractivity contribution in [2.45, 2.75) is 45.8 Å². The lowest BCUT2D eigenvalue weighted by atomic mass is 9.66. The third kappa shape index (κ3) is 5.63. The number of hydrogen-bond acceptors (Lipinski definition) is 4. The van der Waals surface area contributed by atoms with Crippen molar-refractivity contribution in [3.8, 4) is 0 Å². The average Bonchev–Trinajstić information content (AvgIpc) is 2.78. The Morgan fingerprint density at radius 2 is 1.60 bits per heavy atom. The fourth-order valence-electron chi connectivity index (χ4n) is 4.55. The summed E-state index contributed by atoms with van der Waals surface area (Å²) < 4.78 is 0. The normalized spacial score (nSPS) is 20.4. The van der Waals surface area contributed by atoms with E-state index in [0.29, 0.717) is 18.0 Å². The molecule has 2 atom stereocenters. The molecule has 1 fully saturated rings. The van der Waals surface area contributed by atoms with Crippen LogP contribution in [0.5, 0.6) is 0 Å². The number of carbonyl (C=O) groups is 3. The van der Waals surface area contributed by atoms with E-state index < -0.39 is 28.9 Å². The molecule has 0 bridgehead atoms. The molecular weight excluding hydrogens is 491 g/mol. The lowest BCUT2D eigenvalue weighted by molar-refractivity contribution is -0.155. The predicted molar refractivity (Wildman–Crippen MR) is 135 cm³/mol. The number of carbonyl (C=O) groups excluding carboxylic acids is 2. The number of aliphatic hydroxyl groups is 1. The first kappa shape index (κ1) is 27.0. The topological polar surface area (TPSA) is 107 Å². The summed E-state index contributed by atoms with van der Waals surface area (Å²) in [6.07, 6.45) is 0.322. The Labute approximate surface area is 215 Å². The number of likely N-dealkylation sites (tertiary alicyclic amines) is 1. The number of nitrogens with one attached hydrogen (secondary N) is 1. The van der Waals surface area contributed by atoms with E-state index in [-0.39, 0.29) is 34.5 Å². The van der Waals surface area contributed by atoms with Crippen molar-refractivity contribution in [3.63, 3.8) is 0 Å². The smallest absolute Gasteiger partial charge is 0.335 e. The second-order valence-electron chi connectivity index (χ2n) is 9.99. The summed E-state index contributed by atoms with van der Waals surface area (Å²) in [4.78, 5) is 39.4. The number of nitrogens with zero attached hydrogens (tertiary/aromatic N) is 1. The molecule has 1 aliphatic heterocycles. The van der Waals surface area contributed by atoms with Gasteiger partial charge in [0.2, 0.25) is 5.91 Å². The van der Waals surface area contributed by atoms with Crippen LogP contribution in [-0.4, -0.2) is 52.0 Å². The van der Waals surface area contributed by atoms with Crippen LogP contribution < -0.4 is 5.32 Å². The van der Waals surface area contributed by atoms with Crippen molar-refractivity contribution < 1.29 is 24.6 Å². The van der Waals surface area contributed by atoms with Crippen LogP contribution in [0.2, 0.25) is 10.0 Å². The summed E-state index contributed by atoms with van der Waals surface area (Å²) in [6.45, 7) is 8.04. The zero-order valence-electron chi connectivity index (χ0n) is 20.1. The molecular formula is C26H30Cl2N2O5. The van der Waals surface area contributed by atoms with Gasteiger partial charge in [0.25, 0.3) is 5.91 Å². The van der Waals surface area contributed by atoms with E-state index in [1.54, 1.807) is 29.2 Å². The molecule has 3 rings (SSSR count). The molecule has 2 aromatic rings. The third-order valence-electron chi connectivity index (χ3n) is 6.71. The van der Waals surface area contributed by atoms with Gasteiger partial charge < -0.3 is 20.4 Å². The van der Waals surface area contributed by atoms with E-state index in [2.05, 4.69) is 5.32 Å². The Morgan fingerprint density at radius 1 is 1.00 bits per heavy atom. The van der Waals surface area contributed by atoms with Gasteiger partial charge in [0, 0.05) is 34.1 Å². The molecule has 0 spiro atoms. The Kier molecular flexibility index (Phi) is 7.84. The highest BCUT2D eigenvalue weighted by Crippen LogP contribution is 2.46. The molecule has 7 nitrogen and oxygen atoms in total. The molecule has 9 heteroatoms. The standard InChI is InChI=1S/C26H30Cl2N2O5/c1-15(2)21(29-22(31)16-11-17(24(33)34)13-20(28)12-16)23(32)30-10-9-26(35,25(3,4)14-30)18-5-7-19(27)8-6-18/h5-8,11-13,15,21,35H,9-10,14H2,1-4H3,(H,29,31)(H,33,34)/t21-,26+/m1/s1. The summed E-state index contributed by atoms with van der Waals surface area (Å²) in [7, 11) is 0. The highest BCUT2D eigenvalue weighted by Gasteiger charge is 2.50. The van der Waals surface area contributed by atoms with Crippen LogP contribution in [0.4, 0.5) is 0 Å². The average molecular weight is 521 g/mol. The Morgan fingerprint density at radius 3 is 2.14 bits per heavy atom. The summed E-state index contributed by atoms with van der Waals surface area (Å²) in [5.41, 5.74) is -1.15. The molecule has 3 N–H and O–H groups in total. The van der Waals surface area contributed by atoms with Gasteiger partial charge in [-0.05, 0) is 48.2 Å². The number of amides is 2. The summed E-state index contributed by atoms with van der Waals surface area (Å²) in [5, 5.41) is 24.3. The van der Waals surface area contributed by atoms with E-state index >= 15 is 0 Å². The van der Waals surface area contributed by atoms with Crippen molar-refractivity contribution >= 4 is 41.0 Å². The minimum atomic E-state index is -1.21. The van der Waals surface area contributed by atoms with Gasteiger partial charge in [-0.15, -0.1) is 0 Å². The molecule has 0 radical (unpaired) electrons. The SMILES string of the molecule is CC(C)[C@@H](NC(=O)c1cc(Cl)cc(C(=O)O)c1)C(=O)N1CC[C@](O)(c2ccc(Cl)cc2)C(C)(C)C1. The van der Waals surface area contributed by atoms with Crippen LogP contribution in [0.1, 0.15) is 60.4 Å². The first-order chi connectivity index (χ1) is 16.2. The molecule has 188 valence electrons.